The van der Waals surface area contributed by atoms with Crippen molar-refractivity contribution in [3.8, 4) is 22.8 Å². The first-order valence-corrected chi connectivity index (χ1v) is 11.9. The highest BCUT2D eigenvalue weighted by Gasteiger charge is 2.42. The summed E-state index contributed by atoms with van der Waals surface area (Å²) in [5, 5.41) is 18.3. The number of carbonyl (C=O) groups excluding carboxylic acids is 1. The standard InChI is InChI=1S/C27H33N3O4/c1-6-33-20-10-8-19(9-11-20)25-22-23(21-15-17(4)14-18(5)26(21)31)28-29-24(22)27(32)30(25)12-7-13-34-16(2)3/h8-11,14-16,25,31H,6-7,12-13H2,1-5H3,(H,28,29). The van der Waals surface area contributed by atoms with Crippen LogP contribution < -0.4 is 4.74 Å². The number of amides is 1. The number of phenolic OH excluding ortho intramolecular Hbond substituents is 1. The van der Waals surface area contributed by atoms with Crippen LogP contribution in [0, 0.1) is 13.8 Å². The molecule has 7 nitrogen and oxygen atoms in total. The normalized spacial score (nSPS) is 15.3. The number of nitrogens with zero attached hydrogens (tertiary/aromatic N) is 2. The second-order valence-electron chi connectivity index (χ2n) is 9.02. The van der Waals surface area contributed by atoms with Crippen molar-refractivity contribution in [3.63, 3.8) is 0 Å². The summed E-state index contributed by atoms with van der Waals surface area (Å²) >= 11 is 0. The molecule has 0 radical (unpaired) electrons. The summed E-state index contributed by atoms with van der Waals surface area (Å²) in [6.45, 7) is 11.5. The molecular formula is C27H33N3O4. The number of aryl methyl sites for hydroxylation is 2. The fraction of sp³-hybridized carbons (Fsp3) is 0.407. The summed E-state index contributed by atoms with van der Waals surface area (Å²) in [6, 6.07) is 11.4. The van der Waals surface area contributed by atoms with E-state index in [1.807, 2.05) is 75.9 Å². The minimum Gasteiger partial charge on any atom is -0.507 e. The summed E-state index contributed by atoms with van der Waals surface area (Å²) in [7, 11) is 0. The number of carbonyl (C=O) groups is 1. The monoisotopic (exact) mass is 463 g/mol. The largest absolute Gasteiger partial charge is 0.507 e. The number of hydrogen-bond acceptors (Lipinski definition) is 5. The number of nitrogens with one attached hydrogen (secondary N) is 1. The highest BCUT2D eigenvalue weighted by molar-refractivity contribution is 6.00. The minimum absolute atomic E-state index is 0.0963. The van der Waals surface area contributed by atoms with Gasteiger partial charge in [0, 0.05) is 24.3 Å². The lowest BCUT2D eigenvalue weighted by Gasteiger charge is -2.27. The van der Waals surface area contributed by atoms with E-state index in [0.29, 0.717) is 36.7 Å². The Balaban J connectivity index is 1.77. The van der Waals surface area contributed by atoms with Crippen molar-refractivity contribution in [3.05, 3.63) is 64.3 Å². The van der Waals surface area contributed by atoms with Crippen LogP contribution >= 0.6 is 0 Å². The quantitative estimate of drug-likeness (QED) is 0.428. The Morgan fingerprint density at radius 2 is 1.91 bits per heavy atom. The van der Waals surface area contributed by atoms with E-state index in [-0.39, 0.29) is 23.8 Å². The minimum atomic E-state index is -0.328. The van der Waals surface area contributed by atoms with Crippen LogP contribution in [-0.2, 0) is 4.74 Å². The Labute approximate surface area is 200 Å². The predicted molar refractivity (Wildman–Crippen MR) is 131 cm³/mol. The van der Waals surface area contributed by atoms with E-state index in [1.54, 1.807) is 0 Å². The van der Waals surface area contributed by atoms with Gasteiger partial charge in [0.2, 0.25) is 0 Å². The molecule has 1 unspecified atom stereocenters. The van der Waals surface area contributed by atoms with Crippen LogP contribution in [0.2, 0.25) is 0 Å². The molecule has 0 fully saturated rings. The van der Waals surface area contributed by atoms with Crippen molar-refractivity contribution >= 4 is 5.91 Å². The fourth-order valence-corrected chi connectivity index (χ4v) is 4.59. The van der Waals surface area contributed by atoms with Gasteiger partial charge < -0.3 is 19.5 Å². The molecule has 0 bridgehead atoms. The summed E-state index contributed by atoms with van der Waals surface area (Å²) in [5.74, 6) is 0.870. The Bertz CT molecular complexity index is 1170. The molecule has 4 rings (SSSR count). The second-order valence-corrected chi connectivity index (χ2v) is 9.02. The third-order valence-electron chi connectivity index (χ3n) is 6.07. The van der Waals surface area contributed by atoms with E-state index in [0.717, 1.165) is 34.4 Å². The van der Waals surface area contributed by atoms with Crippen molar-refractivity contribution in [2.75, 3.05) is 19.8 Å². The number of rotatable bonds is 9. The molecule has 1 atom stereocenters. The average molecular weight is 464 g/mol. The van der Waals surface area contributed by atoms with E-state index in [2.05, 4.69) is 10.2 Å². The van der Waals surface area contributed by atoms with Crippen LogP contribution in [0.4, 0.5) is 0 Å². The summed E-state index contributed by atoms with van der Waals surface area (Å²) in [5.41, 5.74) is 5.25. The first-order chi connectivity index (χ1) is 16.3. The van der Waals surface area contributed by atoms with E-state index >= 15 is 0 Å². The lowest BCUT2D eigenvalue weighted by molar-refractivity contribution is 0.0601. The van der Waals surface area contributed by atoms with Crippen molar-refractivity contribution in [1.29, 1.82) is 0 Å². The summed E-state index contributed by atoms with van der Waals surface area (Å²) < 4.78 is 11.3. The van der Waals surface area contributed by atoms with Gasteiger partial charge in [0.05, 0.1) is 18.8 Å². The Hall–Kier alpha value is -3.32. The number of aromatic amines is 1. The maximum absolute atomic E-state index is 13.5. The number of benzene rings is 2. The number of H-pyrrole nitrogens is 1. The van der Waals surface area contributed by atoms with Crippen molar-refractivity contribution < 1.29 is 19.4 Å². The van der Waals surface area contributed by atoms with Crippen LogP contribution in [0.15, 0.2) is 36.4 Å². The third-order valence-corrected chi connectivity index (χ3v) is 6.07. The van der Waals surface area contributed by atoms with E-state index in [1.165, 1.54) is 0 Å². The molecule has 1 aliphatic rings. The molecule has 2 N–H and O–H groups in total. The van der Waals surface area contributed by atoms with Crippen LogP contribution in [0.5, 0.6) is 11.5 Å². The van der Waals surface area contributed by atoms with Crippen molar-refractivity contribution in [2.24, 2.45) is 0 Å². The zero-order valence-electron chi connectivity index (χ0n) is 20.5. The molecule has 3 aromatic rings. The highest BCUT2D eigenvalue weighted by Crippen LogP contribution is 2.45. The number of phenols is 1. The van der Waals surface area contributed by atoms with Gasteiger partial charge >= 0.3 is 0 Å². The van der Waals surface area contributed by atoms with E-state index < -0.39 is 0 Å². The molecule has 1 aliphatic heterocycles. The lowest BCUT2D eigenvalue weighted by atomic mass is 9.94. The Morgan fingerprint density at radius 3 is 2.59 bits per heavy atom. The molecule has 0 spiro atoms. The smallest absolute Gasteiger partial charge is 0.273 e. The third kappa shape index (κ3) is 4.53. The zero-order valence-corrected chi connectivity index (χ0v) is 20.5. The zero-order chi connectivity index (χ0) is 24.4. The molecule has 1 amide bonds. The number of ether oxygens (including phenoxy) is 2. The topological polar surface area (TPSA) is 87.7 Å². The molecule has 7 heteroatoms. The lowest BCUT2D eigenvalue weighted by Crippen LogP contribution is -2.31. The average Bonchev–Trinajstić information content (AvgIpc) is 3.33. The maximum atomic E-state index is 13.5. The van der Waals surface area contributed by atoms with Gasteiger partial charge in [0.15, 0.2) is 0 Å². The van der Waals surface area contributed by atoms with Gasteiger partial charge in [-0.3, -0.25) is 9.89 Å². The van der Waals surface area contributed by atoms with Gasteiger partial charge in [-0.25, -0.2) is 0 Å². The number of aromatic nitrogens is 2. The van der Waals surface area contributed by atoms with Gasteiger partial charge in [-0.05, 0) is 75.9 Å². The Morgan fingerprint density at radius 1 is 1.18 bits per heavy atom. The first-order valence-electron chi connectivity index (χ1n) is 11.9. The number of fused-ring (bicyclic) bond motifs is 1. The van der Waals surface area contributed by atoms with Crippen LogP contribution in [0.3, 0.4) is 0 Å². The van der Waals surface area contributed by atoms with E-state index in [9.17, 15) is 9.90 Å². The molecular weight excluding hydrogens is 430 g/mol. The fourth-order valence-electron chi connectivity index (χ4n) is 4.59. The van der Waals surface area contributed by atoms with Crippen LogP contribution in [0.25, 0.3) is 11.3 Å². The number of hydrogen-bond donors (Lipinski definition) is 2. The second kappa shape index (κ2) is 9.89. The maximum Gasteiger partial charge on any atom is 0.273 e. The SMILES string of the molecule is CCOc1ccc(C2c3c(-c4cc(C)cc(C)c4O)n[nH]c3C(=O)N2CCCOC(C)C)cc1. The summed E-state index contributed by atoms with van der Waals surface area (Å²) in [4.78, 5) is 15.3. The van der Waals surface area contributed by atoms with Crippen LogP contribution in [0.1, 0.15) is 66.0 Å². The number of aromatic hydroxyl groups is 1. The summed E-state index contributed by atoms with van der Waals surface area (Å²) in [6.07, 6.45) is 0.867. The Kier molecular flexibility index (Phi) is 6.93. The van der Waals surface area contributed by atoms with Gasteiger partial charge in [0.25, 0.3) is 5.91 Å². The molecule has 34 heavy (non-hydrogen) atoms. The van der Waals surface area contributed by atoms with Gasteiger partial charge in [-0.15, -0.1) is 0 Å². The van der Waals surface area contributed by atoms with Gasteiger partial charge in [-0.1, -0.05) is 18.2 Å². The highest BCUT2D eigenvalue weighted by atomic mass is 16.5. The molecule has 2 aromatic carbocycles. The predicted octanol–water partition coefficient (Wildman–Crippen LogP) is 5.16. The van der Waals surface area contributed by atoms with Gasteiger partial charge in [0.1, 0.15) is 22.9 Å². The molecule has 0 saturated carbocycles. The van der Waals surface area contributed by atoms with Gasteiger partial charge in [-0.2, -0.15) is 5.10 Å². The molecule has 2 heterocycles. The van der Waals surface area contributed by atoms with Crippen molar-refractivity contribution in [2.45, 2.75) is 53.2 Å². The van der Waals surface area contributed by atoms with E-state index in [4.69, 9.17) is 9.47 Å². The molecule has 0 aliphatic carbocycles. The molecule has 180 valence electrons. The van der Waals surface area contributed by atoms with Crippen LogP contribution in [-0.4, -0.2) is 52.0 Å². The van der Waals surface area contributed by atoms with Crippen molar-refractivity contribution in [1.82, 2.24) is 15.1 Å². The molecule has 1 aromatic heterocycles. The molecule has 0 saturated heterocycles. The first kappa shape index (κ1) is 23.8.